The minimum Gasteiger partial charge on any atom is -0.364 e. The summed E-state index contributed by atoms with van der Waals surface area (Å²) in [7, 11) is 0. The first-order valence-electron chi connectivity index (χ1n) is 5.98. The van der Waals surface area contributed by atoms with Crippen LogP contribution < -0.4 is 10.7 Å². The highest BCUT2D eigenvalue weighted by Gasteiger charge is 2.14. The maximum atomic E-state index is 12.0. The lowest BCUT2D eigenvalue weighted by molar-refractivity contribution is 0.0938. The van der Waals surface area contributed by atoms with Gasteiger partial charge in [-0.25, -0.2) is 0 Å². The van der Waals surface area contributed by atoms with E-state index in [9.17, 15) is 9.59 Å². The van der Waals surface area contributed by atoms with Crippen molar-refractivity contribution in [2.45, 2.75) is 19.9 Å². The number of aromatic amines is 1. The molecule has 2 rings (SSSR count). The quantitative estimate of drug-likeness (QED) is 0.876. The van der Waals surface area contributed by atoms with Crippen molar-refractivity contribution >= 4 is 5.91 Å². The summed E-state index contributed by atoms with van der Waals surface area (Å²) >= 11 is 0. The molecule has 0 spiro atoms. The highest BCUT2D eigenvalue weighted by molar-refractivity contribution is 5.94. The Balaban J connectivity index is 2.15. The molecular weight excluding hydrogens is 242 g/mol. The van der Waals surface area contributed by atoms with Crippen molar-refractivity contribution in [3.63, 3.8) is 0 Å². The van der Waals surface area contributed by atoms with Crippen LogP contribution in [0.25, 0.3) is 0 Å². The summed E-state index contributed by atoms with van der Waals surface area (Å²) in [6.07, 6.45) is 4.76. The Morgan fingerprint density at radius 1 is 1.37 bits per heavy atom. The molecule has 0 saturated heterocycles. The summed E-state index contributed by atoms with van der Waals surface area (Å²) in [5, 5.41) is 2.79. The molecule has 0 aliphatic rings. The van der Waals surface area contributed by atoms with Gasteiger partial charge in [0.2, 0.25) is 0 Å². The standard InChI is InChI=1S/C14H15N3O2/c1-9-7-13(18)12(8-16-9)14(19)17-10(2)11-3-5-15-6-4-11/h3-8,10H,1-2H3,(H,16,18)(H,17,19). The smallest absolute Gasteiger partial charge is 0.257 e. The SMILES string of the molecule is Cc1cc(=O)c(C(=O)NC(C)c2ccncc2)c[nH]1. The third-order valence-electron chi connectivity index (χ3n) is 2.86. The molecule has 0 aromatic carbocycles. The monoisotopic (exact) mass is 257 g/mol. The van der Waals surface area contributed by atoms with E-state index in [0.29, 0.717) is 0 Å². The number of nitrogens with zero attached hydrogens (tertiary/aromatic N) is 1. The Hall–Kier alpha value is -2.43. The minimum atomic E-state index is -0.384. The van der Waals surface area contributed by atoms with Crippen molar-refractivity contribution in [3.05, 3.63) is 63.8 Å². The molecule has 5 heteroatoms. The zero-order valence-electron chi connectivity index (χ0n) is 10.8. The number of carbonyl (C=O) groups is 1. The van der Waals surface area contributed by atoms with Gasteiger partial charge in [-0.3, -0.25) is 14.6 Å². The van der Waals surface area contributed by atoms with Gasteiger partial charge in [-0.05, 0) is 31.5 Å². The zero-order chi connectivity index (χ0) is 13.8. The highest BCUT2D eigenvalue weighted by atomic mass is 16.2. The Morgan fingerprint density at radius 2 is 2.05 bits per heavy atom. The van der Waals surface area contributed by atoms with Crippen molar-refractivity contribution in [3.8, 4) is 0 Å². The first kappa shape index (κ1) is 13.0. The van der Waals surface area contributed by atoms with E-state index >= 15 is 0 Å². The molecule has 1 atom stereocenters. The maximum absolute atomic E-state index is 12.0. The molecule has 1 amide bonds. The van der Waals surface area contributed by atoms with Gasteiger partial charge in [0.1, 0.15) is 5.56 Å². The van der Waals surface area contributed by atoms with Crippen LogP contribution in [-0.2, 0) is 0 Å². The third kappa shape index (κ3) is 3.07. The molecule has 5 nitrogen and oxygen atoms in total. The Kier molecular flexibility index (Phi) is 3.75. The zero-order valence-corrected chi connectivity index (χ0v) is 10.8. The second-order valence-electron chi connectivity index (χ2n) is 4.37. The van der Waals surface area contributed by atoms with Gasteiger partial charge < -0.3 is 10.3 Å². The van der Waals surface area contributed by atoms with Crippen LogP contribution in [-0.4, -0.2) is 15.9 Å². The fraction of sp³-hybridized carbons (Fsp3) is 0.214. The van der Waals surface area contributed by atoms with Crippen molar-refractivity contribution in [1.29, 1.82) is 0 Å². The highest BCUT2D eigenvalue weighted by Crippen LogP contribution is 2.10. The number of aromatic nitrogens is 2. The lowest BCUT2D eigenvalue weighted by Gasteiger charge is -2.13. The number of carbonyl (C=O) groups excluding carboxylic acids is 1. The second-order valence-corrected chi connectivity index (χ2v) is 4.37. The van der Waals surface area contributed by atoms with Gasteiger partial charge in [0, 0.05) is 30.4 Å². The summed E-state index contributed by atoms with van der Waals surface area (Å²) in [6.45, 7) is 3.62. The summed E-state index contributed by atoms with van der Waals surface area (Å²) in [6, 6.07) is 4.87. The van der Waals surface area contributed by atoms with Crippen LogP contribution in [0.2, 0.25) is 0 Å². The number of amides is 1. The van der Waals surface area contributed by atoms with E-state index in [1.54, 1.807) is 19.3 Å². The van der Waals surface area contributed by atoms with Crippen molar-refractivity contribution in [1.82, 2.24) is 15.3 Å². The molecule has 0 fully saturated rings. The van der Waals surface area contributed by atoms with Crippen molar-refractivity contribution in [2.75, 3.05) is 0 Å². The van der Waals surface area contributed by atoms with Gasteiger partial charge in [-0.2, -0.15) is 0 Å². The van der Waals surface area contributed by atoms with Gasteiger partial charge in [0.05, 0.1) is 6.04 Å². The number of aryl methyl sites for hydroxylation is 1. The van der Waals surface area contributed by atoms with E-state index in [0.717, 1.165) is 11.3 Å². The Bertz CT molecular complexity index is 635. The van der Waals surface area contributed by atoms with E-state index in [1.807, 2.05) is 19.1 Å². The molecule has 2 aromatic heterocycles. The number of rotatable bonds is 3. The number of hydrogen-bond donors (Lipinski definition) is 2. The molecule has 1 unspecified atom stereocenters. The second kappa shape index (κ2) is 5.48. The van der Waals surface area contributed by atoms with E-state index in [2.05, 4.69) is 15.3 Å². The largest absolute Gasteiger partial charge is 0.364 e. The van der Waals surface area contributed by atoms with Gasteiger partial charge >= 0.3 is 0 Å². The lowest BCUT2D eigenvalue weighted by atomic mass is 10.1. The van der Waals surface area contributed by atoms with Crippen molar-refractivity contribution in [2.24, 2.45) is 0 Å². The molecular formula is C14H15N3O2. The van der Waals surface area contributed by atoms with E-state index in [1.165, 1.54) is 12.3 Å². The maximum Gasteiger partial charge on any atom is 0.257 e. The van der Waals surface area contributed by atoms with Crippen LogP contribution >= 0.6 is 0 Å². The fourth-order valence-corrected chi connectivity index (χ4v) is 1.76. The minimum absolute atomic E-state index is 0.117. The molecule has 0 aliphatic heterocycles. The Labute approximate surface area is 110 Å². The topological polar surface area (TPSA) is 74.8 Å². The van der Waals surface area contributed by atoms with E-state index in [4.69, 9.17) is 0 Å². The number of hydrogen-bond acceptors (Lipinski definition) is 3. The Morgan fingerprint density at radius 3 is 2.68 bits per heavy atom. The van der Waals surface area contributed by atoms with Crippen LogP contribution in [0.15, 0.2) is 41.6 Å². The van der Waals surface area contributed by atoms with Crippen LogP contribution in [0, 0.1) is 6.92 Å². The molecule has 2 heterocycles. The molecule has 0 saturated carbocycles. The molecule has 19 heavy (non-hydrogen) atoms. The van der Waals surface area contributed by atoms with Gasteiger partial charge in [-0.1, -0.05) is 0 Å². The molecule has 0 radical (unpaired) electrons. The first-order valence-corrected chi connectivity index (χ1v) is 5.98. The number of pyridine rings is 2. The van der Waals surface area contributed by atoms with Crippen LogP contribution in [0.1, 0.15) is 34.6 Å². The van der Waals surface area contributed by atoms with Crippen LogP contribution in [0.5, 0.6) is 0 Å². The van der Waals surface area contributed by atoms with E-state index in [-0.39, 0.29) is 22.9 Å². The van der Waals surface area contributed by atoms with Gasteiger partial charge in [-0.15, -0.1) is 0 Å². The summed E-state index contributed by atoms with van der Waals surface area (Å²) in [4.78, 5) is 30.5. The molecule has 2 N–H and O–H groups in total. The third-order valence-corrected chi connectivity index (χ3v) is 2.86. The average Bonchev–Trinajstić information content (AvgIpc) is 2.39. The number of H-pyrrole nitrogens is 1. The summed E-state index contributed by atoms with van der Waals surface area (Å²) < 4.78 is 0. The first-order chi connectivity index (χ1) is 9.08. The summed E-state index contributed by atoms with van der Waals surface area (Å²) in [5.74, 6) is -0.384. The van der Waals surface area contributed by atoms with Gasteiger partial charge in [0.15, 0.2) is 5.43 Å². The number of nitrogens with one attached hydrogen (secondary N) is 2. The molecule has 0 bridgehead atoms. The average molecular weight is 257 g/mol. The van der Waals surface area contributed by atoms with Gasteiger partial charge in [0.25, 0.3) is 5.91 Å². The molecule has 0 aliphatic carbocycles. The van der Waals surface area contributed by atoms with Crippen LogP contribution in [0.3, 0.4) is 0 Å². The predicted molar refractivity (Wildman–Crippen MR) is 71.9 cm³/mol. The normalized spacial score (nSPS) is 11.9. The van der Waals surface area contributed by atoms with E-state index < -0.39 is 0 Å². The van der Waals surface area contributed by atoms with Crippen LogP contribution in [0.4, 0.5) is 0 Å². The molecule has 98 valence electrons. The predicted octanol–water partition coefficient (Wildman–Crippen LogP) is 1.57. The molecule has 2 aromatic rings. The fourth-order valence-electron chi connectivity index (χ4n) is 1.76. The lowest BCUT2D eigenvalue weighted by Crippen LogP contribution is -2.30. The van der Waals surface area contributed by atoms with Crippen molar-refractivity contribution < 1.29 is 4.79 Å². The summed E-state index contributed by atoms with van der Waals surface area (Å²) in [5.41, 5.74) is 1.50.